The summed E-state index contributed by atoms with van der Waals surface area (Å²) in [5, 5.41) is 11.5. The number of amides is 1. The lowest BCUT2D eigenvalue weighted by atomic mass is 10.1. The summed E-state index contributed by atoms with van der Waals surface area (Å²) >= 11 is 16.2. The Labute approximate surface area is 108 Å². The largest absolute Gasteiger partial charge is 0.369 e. The molecule has 0 saturated heterocycles. The topological polar surface area (TPSA) is 49.3 Å². The number of carbonyl (C=O) groups is 1. The molecule has 0 radical (unpaired) electrons. The molecule has 16 heavy (non-hydrogen) atoms. The molecule has 2 N–H and O–H groups in total. The minimum atomic E-state index is -1.94. The highest BCUT2D eigenvalue weighted by Crippen LogP contribution is 2.28. The molecule has 6 heteroatoms. The fraction of sp³-hybridized carbons (Fsp3) is 0.300. The number of rotatable bonds is 2. The summed E-state index contributed by atoms with van der Waals surface area (Å²) in [7, 11) is 0. The fourth-order valence-corrected chi connectivity index (χ4v) is 1.24. The molecule has 0 aliphatic carbocycles. The maximum absolute atomic E-state index is 11.6. The molecule has 1 aromatic carbocycles. The van der Waals surface area contributed by atoms with Gasteiger partial charge in [-0.15, -0.1) is 0 Å². The van der Waals surface area contributed by atoms with Gasteiger partial charge in [-0.2, -0.15) is 0 Å². The smallest absolute Gasteiger partial charge is 0.253 e. The zero-order chi connectivity index (χ0) is 12.3. The van der Waals surface area contributed by atoms with Gasteiger partial charge in [0.05, 0.1) is 0 Å². The molecule has 0 saturated carbocycles. The Balaban J connectivity index is 2.74. The molecule has 0 heterocycles. The third kappa shape index (κ3) is 3.83. The van der Waals surface area contributed by atoms with Crippen molar-refractivity contribution in [1.29, 1.82) is 0 Å². The minimum absolute atomic E-state index is 0.397. The van der Waals surface area contributed by atoms with Crippen molar-refractivity contribution in [3.63, 3.8) is 0 Å². The standard InChI is InChI=1S/C10H10Cl3NO2/c1-6-3-2-4-7(5-6)8(15)14-9(16)10(11,12)13/h2-5,9,16H,1H3,(H,14,15)/t9-/m1/s1. The van der Waals surface area contributed by atoms with Crippen LogP contribution in [-0.4, -0.2) is 21.0 Å². The third-order valence-corrected chi connectivity index (χ3v) is 2.48. The lowest BCUT2D eigenvalue weighted by Gasteiger charge is -2.19. The average Bonchev–Trinajstić information content (AvgIpc) is 2.16. The number of hydrogen-bond acceptors (Lipinski definition) is 2. The summed E-state index contributed by atoms with van der Waals surface area (Å²) < 4.78 is -1.94. The Bertz CT molecular complexity index is 390. The molecule has 0 bridgehead atoms. The summed E-state index contributed by atoms with van der Waals surface area (Å²) in [6, 6.07) is 6.85. The van der Waals surface area contributed by atoms with Crippen LogP contribution in [0.3, 0.4) is 0 Å². The van der Waals surface area contributed by atoms with Crippen molar-refractivity contribution in [3.8, 4) is 0 Å². The highest BCUT2D eigenvalue weighted by Gasteiger charge is 2.32. The first-order valence-corrected chi connectivity index (χ1v) is 5.56. The number of aliphatic hydroxyl groups excluding tert-OH is 1. The maximum atomic E-state index is 11.6. The molecule has 0 fully saturated rings. The fourth-order valence-electron chi connectivity index (χ4n) is 1.08. The van der Waals surface area contributed by atoms with Crippen molar-refractivity contribution in [2.45, 2.75) is 16.9 Å². The van der Waals surface area contributed by atoms with Gasteiger partial charge < -0.3 is 10.4 Å². The van der Waals surface area contributed by atoms with Crippen LogP contribution in [-0.2, 0) is 0 Å². The Morgan fingerprint density at radius 3 is 2.56 bits per heavy atom. The highest BCUT2D eigenvalue weighted by atomic mass is 35.6. The van der Waals surface area contributed by atoms with Crippen LogP contribution < -0.4 is 5.32 Å². The average molecular weight is 283 g/mol. The van der Waals surface area contributed by atoms with E-state index in [2.05, 4.69) is 5.32 Å². The van der Waals surface area contributed by atoms with E-state index in [1.54, 1.807) is 18.2 Å². The van der Waals surface area contributed by atoms with Crippen LogP contribution in [0.15, 0.2) is 24.3 Å². The third-order valence-electron chi connectivity index (χ3n) is 1.86. The van der Waals surface area contributed by atoms with Gasteiger partial charge in [0, 0.05) is 5.56 Å². The molecule has 1 rings (SSSR count). The Morgan fingerprint density at radius 2 is 2.06 bits per heavy atom. The molecular weight excluding hydrogens is 272 g/mol. The van der Waals surface area contributed by atoms with E-state index in [9.17, 15) is 9.90 Å². The number of nitrogens with one attached hydrogen (secondary N) is 1. The zero-order valence-corrected chi connectivity index (χ0v) is 10.6. The number of halogens is 3. The van der Waals surface area contributed by atoms with Crippen molar-refractivity contribution in [2.24, 2.45) is 0 Å². The molecule has 1 amide bonds. The molecule has 0 spiro atoms. The van der Waals surface area contributed by atoms with Crippen molar-refractivity contribution in [2.75, 3.05) is 0 Å². The van der Waals surface area contributed by atoms with Gasteiger partial charge in [0.1, 0.15) is 0 Å². The minimum Gasteiger partial charge on any atom is -0.369 e. The molecule has 0 aliphatic heterocycles. The number of benzene rings is 1. The summed E-state index contributed by atoms with van der Waals surface area (Å²) in [5.41, 5.74) is 1.32. The summed E-state index contributed by atoms with van der Waals surface area (Å²) in [6.45, 7) is 1.85. The number of aryl methyl sites for hydroxylation is 1. The van der Waals surface area contributed by atoms with E-state index >= 15 is 0 Å². The van der Waals surface area contributed by atoms with Gasteiger partial charge >= 0.3 is 0 Å². The van der Waals surface area contributed by atoms with Crippen molar-refractivity contribution in [3.05, 3.63) is 35.4 Å². The van der Waals surface area contributed by atoms with E-state index in [0.717, 1.165) is 5.56 Å². The molecule has 1 atom stereocenters. The van der Waals surface area contributed by atoms with Gasteiger partial charge in [0.2, 0.25) is 3.79 Å². The van der Waals surface area contributed by atoms with E-state index in [4.69, 9.17) is 34.8 Å². The maximum Gasteiger partial charge on any atom is 0.253 e. The van der Waals surface area contributed by atoms with Crippen LogP contribution in [0.25, 0.3) is 0 Å². The van der Waals surface area contributed by atoms with E-state index in [0.29, 0.717) is 5.56 Å². The molecule has 0 aliphatic rings. The number of aliphatic hydroxyl groups is 1. The highest BCUT2D eigenvalue weighted by molar-refractivity contribution is 6.68. The predicted octanol–water partition coefficient (Wildman–Crippen LogP) is 2.41. The van der Waals surface area contributed by atoms with E-state index in [1.165, 1.54) is 0 Å². The van der Waals surface area contributed by atoms with Crippen molar-refractivity contribution in [1.82, 2.24) is 5.32 Å². The lowest BCUT2D eigenvalue weighted by Crippen LogP contribution is -2.43. The van der Waals surface area contributed by atoms with Crippen LogP contribution in [0.5, 0.6) is 0 Å². The molecule has 88 valence electrons. The summed E-state index contributed by atoms with van der Waals surface area (Å²) in [5.74, 6) is -0.498. The van der Waals surface area contributed by atoms with E-state index in [1.807, 2.05) is 13.0 Å². The van der Waals surface area contributed by atoms with Gasteiger partial charge in [-0.3, -0.25) is 4.79 Å². The SMILES string of the molecule is Cc1cccc(C(=O)N[C@H](O)C(Cl)(Cl)Cl)c1. The Morgan fingerprint density at radius 1 is 1.44 bits per heavy atom. The normalized spacial score (nSPS) is 13.3. The first kappa shape index (κ1) is 13.6. The molecule has 0 aromatic heterocycles. The second-order valence-electron chi connectivity index (χ2n) is 3.29. The van der Waals surface area contributed by atoms with Gasteiger partial charge in [0.15, 0.2) is 6.23 Å². The molecule has 0 unspecified atom stereocenters. The summed E-state index contributed by atoms with van der Waals surface area (Å²) in [4.78, 5) is 11.6. The van der Waals surface area contributed by atoms with Crippen molar-refractivity contribution >= 4 is 40.7 Å². The van der Waals surface area contributed by atoms with Crippen LogP contribution in [0.1, 0.15) is 15.9 Å². The van der Waals surface area contributed by atoms with Crippen LogP contribution in [0.2, 0.25) is 0 Å². The monoisotopic (exact) mass is 281 g/mol. The van der Waals surface area contributed by atoms with Crippen LogP contribution >= 0.6 is 34.8 Å². The summed E-state index contributed by atoms with van der Waals surface area (Å²) in [6.07, 6.45) is -1.55. The van der Waals surface area contributed by atoms with Crippen molar-refractivity contribution < 1.29 is 9.90 Å². The number of carbonyl (C=O) groups excluding carboxylic acids is 1. The number of alkyl halides is 3. The van der Waals surface area contributed by atoms with Gasteiger partial charge in [-0.1, -0.05) is 52.5 Å². The number of hydrogen-bond donors (Lipinski definition) is 2. The van der Waals surface area contributed by atoms with Crippen LogP contribution in [0, 0.1) is 6.92 Å². The molecule has 1 aromatic rings. The predicted molar refractivity (Wildman–Crippen MR) is 64.9 cm³/mol. The van der Waals surface area contributed by atoms with Gasteiger partial charge in [-0.05, 0) is 19.1 Å². The Hall–Kier alpha value is -0.480. The van der Waals surface area contributed by atoms with Gasteiger partial charge in [-0.25, -0.2) is 0 Å². The lowest BCUT2D eigenvalue weighted by molar-refractivity contribution is 0.0791. The quantitative estimate of drug-likeness (QED) is 0.646. The molecular formula is C10H10Cl3NO2. The Kier molecular flexibility index (Phi) is 4.44. The first-order chi connectivity index (χ1) is 7.30. The molecule has 3 nitrogen and oxygen atoms in total. The van der Waals surface area contributed by atoms with Gasteiger partial charge in [0.25, 0.3) is 5.91 Å². The second kappa shape index (κ2) is 5.23. The van der Waals surface area contributed by atoms with E-state index < -0.39 is 15.9 Å². The van der Waals surface area contributed by atoms with Crippen LogP contribution in [0.4, 0.5) is 0 Å². The zero-order valence-electron chi connectivity index (χ0n) is 8.38. The first-order valence-electron chi connectivity index (χ1n) is 4.43. The second-order valence-corrected chi connectivity index (χ2v) is 5.66. The van der Waals surface area contributed by atoms with E-state index in [-0.39, 0.29) is 0 Å².